The topological polar surface area (TPSA) is 66.7 Å². The fraction of sp³-hybridized carbons (Fsp3) is 0.286. The molecule has 1 atom stereocenters. The first-order valence-electron chi connectivity index (χ1n) is 9.37. The van der Waals surface area contributed by atoms with Crippen LogP contribution in [0.5, 0.6) is 0 Å². The number of rotatable bonds is 3. The molecule has 144 valence electrons. The monoisotopic (exact) mass is 396 g/mol. The first-order chi connectivity index (χ1) is 13.5. The molecule has 28 heavy (non-hydrogen) atoms. The standard InChI is InChI=1S/C21H21ClN4O2/c1-14-7-6-11-25(13-14)21(28)18-17-10-4-5-12-26(17)19(24-18)20(27)23-16-9-3-2-8-15(16)22/h2-5,8-10,12,14H,6-7,11,13H2,1H3,(H,23,27). The summed E-state index contributed by atoms with van der Waals surface area (Å²) in [5.74, 6) is 0.0749. The number of hydrogen-bond acceptors (Lipinski definition) is 3. The average Bonchev–Trinajstić information content (AvgIpc) is 3.09. The van der Waals surface area contributed by atoms with Gasteiger partial charge in [-0.25, -0.2) is 4.98 Å². The third kappa shape index (κ3) is 3.47. The second kappa shape index (κ2) is 7.64. The maximum absolute atomic E-state index is 13.1. The van der Waals surface area contributed by atoms with Crippen molar-refractivity contribution in [3.8, 4) is 0 Å². The molecule has 0 spiro atoms. The summed E-state index contributed by atoms with van der Waals surface area (Å²) in [4.78, 5) is 32.2. The molecule has 6 nitrogen and oxygen atoms in total. The third-order valence-corrected chi connectivity index (χ3v) is 5.35. The Morgan fingerprint density at radius 1 is 1.18 bits per heavy atom. The van der Waals surface area contributed by atoms with Gasteiger partial charge >= 0.3 is 0 Å². The van der Waals surface area contributed by atoms with Crippen molar-refractivity contribution >= 4 is 34.6 Å². The summed E-state index contributed by atoms with van der Waals surface area (Å²) in [6.07, 6.45) is 3.84. The molecular formula is C21H21ClN4O2. The van der Waals surface area contributed by atoms with Gasteiger partial charge in [-0.05, 0) is 43.0 Å². The molecule has 4 rings (SSSR count). The number of carbonyl (C=O) groups excluding carboxylic acids is 2. The molecule has 1 aromatic carbocycles. The number of amides is 2. The molecule has 1 aliphatic heterocycles. The van der Waals surface area contributed by atoms with E-state index in [1.807, 2.05) is 11.0 Å². The van der Waals surface area contributed by atoms with Crippen molar-refractivity contribution in [2.75, 3.05) is 18.4 Å². The van der Waals surface area contributed by atoms with Crippen LogP contribution >= 0.6 is 11.6 Å². The first kappa shape index (κ1) is 18.5. The number of para-hydroxylation sites is 1. The van der Waals surface area contributed by atoms with Crippen molar-refractivity contribution < 1.29 is 9.59 Å². The zero-order valence-corrected chi connectivity index (χ0v) is 16.3. The van der Waals surface area contributed by atoms with Gasteiger partial charge in [0, 0.05) is 19.3 Å². The van der Waals surface area contributed by atoms with Crippen LogP contribution in [0.2, 0.25) is 5.02 Å². The molecule has 2 aromatic heterocycles. The summed E-state index contributed by atoms with van der Waals surface area (Å²) in [6.45, 7) is 3.58. The lowest BCUT2D eigenvalue weighted by molar-refractivity contribution is 0.0679. The number of likely N-dealkylation sites (tertiary alicyclic amines) is 1. The van der Waals surface area contributed by atoms with Crippen molar-refractivity contribution in [3.63, 3.8) is 0 Å². The van der Waals surface area contributed by atoms with Gasteiger partial charge in [0.2, 0.25) is 5.82 Å². The van der Waals surface area contributed by atoms with E-state index in [0.29, 0.717) is 34.4 Å². The first-order valence-corrected chi connectivity index (χ1v) is 9.74. The number of fused-ring (bicyclic) bond motifs is 1. The van der Waals surface area contributed by atoms with E-state index < -0.39 is 5.91 Å². The maximum Gasteiger partial charge on any atom is 0.292 e. The lowest BCUT2D eigenvalue weighted by atomic mass is 10.00. The highest BCUT2D eigenvalue weighted by molar-refractivity contribution is 6.33. The largest absolute Gasteiger partial charge is 0.337 e. The molecule has 0 radical (unpaired) electrons. The number of hydrogen-bond donors (Lipinski definition) is 1. The number of pyridine rings is 1. The van der Waals surface area contributed by atoms with Gasteiger partial charge in [0.15, 0.2) is 5.69 Å². The third-order valence-electron chi connectivity index (χ3n) is 5.02. The van der Waals surface area contributed by atoms with Crippen LogP contribution in [0.4, 0.5) is 5.69 Å². The number of carbonyl (C=O) groups is 2. The van der Waals surface area contributed by atoms with Crippen molar-refractivity contribution in [3.05, 3.63) is 65.2 Å². The van der Waals surface area contributed by atoms with Crippen LogP contribution in [0.25, 0.3) is 5.52 Å². The minimum Gasteiger partial charge on any atom is -0.337 e. The van der Waals surface area contributed by atoms with Gasteiger partial charge < -0.3 is 10.2 Å². The Kier molecular flexibility index (Phi) is 5.05. The van der Waals surface area contributed by atoms with Crippen LogP contribution < -0.4 is 5.32 Å². The lowest BCUT2D eigenvalue weighted by Crippen LogP contribution is -2.39. The van der Waals surface area contributed by atoms with E-state index in [9.17, 15) is 9.59 Å². The zero-order chi connectivity index (χ0) is 19.7. The molecular weight excluding hydrogens is 376 g/mol. The van der Waals surface area contributed by atoms with Gasteiger partial charge in [0.05, 0.1) is 16.2 Å². The molecule has 3 aromatic rings. The van der Waals surface area contributed by atoms with Crippen LogP contribution in [0.3, 0.4) is 0 Å². The van der Waals surface area contributed by atoms with Gasteiger partial charge in [-0.15, -0.1) is 0 Å². The number of imidazole rings is 1. The van der Waals surface area contributed by atoms with E-state index >= 15 is 0 Å². The highest BCUT2D eigenvalue weighted by atomic mass is 35.5. The van der Waals surface area contributed by atoms with E-state index in [0.717, 1.165) is 19.4 Å². The van der Waals surface area contributed by atoms with E-state index in [1.165, 1.54) is 0 Å². The van der Waals surface area contributed by atoms with Crippen LogP contribution in [-0.4, -0.2) is 39.2 Å². The molecule has 1 fully saturated rings. The number of nitrogens with zero attached hydrogens (tertiary/aromatic N) is 3. The summed E-state index contributed by atoms with van der Waals surface area (Å²) in [7, 11) is 0. The van der Waals surface area contributed by atoms with Crippen molar-refractivity contribution in [2.45, 2.75) is 19.8 Å². The van der Waals surface area contributed by atoms with Gasteiger partial charge in [-0.2, -0.15) is 0 Å². The highest BCUT2D eigenvalue weighted by Crippen LogP contribution is 2.23. The van der Waals surface area contributed by atoms with Crippen LogP contribution in [0.15, 0.2) is 48.7 Å². The van der Waals surface area contributed by atoms with Crippen molar-refractivity contribution in [2.24, 2.45) is 5.92 Å². The molecule has 3 heterocycles. The molecule has 7 heteroatoms. The number of aromatic nitrogens is 2. The number of benzene rings is 1. The van der Waals surface area contributed by atoms with Gasteiger partial charge in [0.1, 0.15) is 0 Å². The fourth-order valence-corrected chi connectivity index (χ4v) is 3.80. The lowest BCUT2D eigenvalue weighted by Gasteiger charge is -2.30. The van der Waals surface area contributed by atoms with E-state index in [-0.39, 0.29) is 11.7 Å². The molecule has 1 N–H and O–H groups in total. The van der Waals surface area contributed by atoms with E-state index in [4.69, 9.17) is 11.6 Å². The maximum atomic E-state index is 13.1. The van der Waals surface area contributed by atoms with Gasteiger partial charge in [-0.3, -0.25) is 14.0 Å². The van der Waals surface area contributed by atoms with Crippen molar-refractivity contribution in [1.82, 2.24) is 14.3 Å². The summed E-state index contributed by atoms with van der Waals surface area (Å²) >= 11 is 6.14. The molecule has 1 aliphatic rings. The normalized spacial score (nSPS) is 16.9. The van der Waals surface area contributed by atoms with Crippen LogP contribution in [0, 0.1) is 5.92 Å². The smallest absolute Gasteiger partial charge is 0.292 e. The Hall–Kier alpha value is -2.86. The summed E-state index contributed by atoms with van der Waals surface area (Å²) in [5.41, 5.74) is 1.42. The summed E-state index contributed by atoms with van der Waals surface area (Å²) in [5, 5.41) is 3.22. The Balaban J connectivity index is 1.69. The number of piperidine rings is 1. The SMILES string of the molecule is CC1CCCN(C(=O)c2nc(C(=O)Nc3ccccc3Cl)n3ccccc23)C1. The Morgan fingerprint density at radius 2 is 1.96 bits per heavy atom. The predicted octanol–water partition coefficient (Wildman–Crippen LogP) is 4.11. The van der Waals surface area contributed by atoms with E-state index in [1.54, 1.807) is 47.0 Å². The minimum absolute atomic E-state index is 0.132. The van der Waals surface area contributed by atoms with Gasteiger partial charge in [0.25, 0.3) is 11.8 Å². The van der Waals surface area contributed by atoms with Crippen LogP contribution in [0.1, 0.15) is 40.9 Å². The van der Waals surface area contributed by atoms with E-state index in [2.05, 4.69) is 17.2 Å². The Morgan fingerprint density at radius 3 is 2.75 bits per heavy atom. The van der Waals surface area contributed by atoms with Gasteiger partial charge in [-0.1, -0.05) is 36.7 Å². The molecule has 1 unspecified atom stereocenters. The second-order valence-electron chi connectivity index (χ2n) is 7.17. The Bertz CT molecular complexity index is 1050. The molecule has 2 amide bonds. The van der Waals surface area contributed by atoms with Crippen LogP contribution in [-0.2, 0) is 0 Å². The second-order valence-corrected chi connectivity index (χ2v) is 7.58. The predicted molar refractivity (Wildman–Crippen MR) is 109 cm³/mol. The quantitative estimate of drug-likeness (QED) is 0.724. The average molecular weight is 397 g/mol. The number of halogens is 1. The minimum atomic E-state index is -0.416. The summed E-state index contributed by atoms with van der Waals surface area (Å²) < 4.78 is 1.65. The molecule has 0 saturated carbocycles. The van der Waals surface area contributed by atoms with Crippen molar-refractivity contribution in [1.29, 1.82) is 0 Å². The summed E-state index contributed by atoms with van der Waals surface area (Å²) in [6, 6.07) is 12.4. The zero-order valence-electron chi connectivity index (χ0n) is 15.6. The highest BCUT2D eigenvalue weighted by Gasteiger charge is 2.27. The Labute approximate surface area is 168 Å². The fourth-order valence-electron chi connectivity index (χ4n) is 3.62. The number of nitrogens with one attached hydrogen (secondary N) is 1. The molecule has 1 saturated heterocycles. The number of anilines is 1. The molecule has 0 bridgehead atoms. The molecule has 0 aliphatic carbocycles.